The Morgan fingerprint density at radius 1 is 1.20 bits per heavy atom. The summed E-state index contributed by atoms with van der Waals surface area (Å²) in [4.78, 5) is 17.5. The van der Waals surface area contributed by atoms with Crippen LogP contribution in [0.5, 0.6) is 5.75 Å². The number of fused-ring (bicyclic) bond motifs is 1. The molecule has 2 aromatic carbocycles. The van der Waals surface area contributed by atoms with Crippen LogP contribution >= 0.6 is 0 Å². The maximum Gasteiger partial charge on any atom is 0.255 e. The summed E-state index contributed by atoms with van der Waals surface area (Å²) in [6.07, 6.45) is 4.20. The first kappa shape index (κ1) is 23.7. The molecule has 2 saturated heterocycles. The zero-order chi connectivity index (χ0) is 24.3. The average molecular weight is 476 g/mol. The average Bonchev–Trinajstić information content (AvgIpc) is 3.37. The third-order valence-corrected chi connectivity index (χ3v) is 6.77. The molecule has 2 aliphatic heterocycles. The number of pyridine rings is 1. The highest BCUT2D eigenvalue weighted by atomic mass is 16.5. The summed E-state index contributed by atoms with van der Waals surface area (Å²) in [5.41, 5.74) is 4.56. The number of hydrogen-bond donors (Lipinski definition) is 2. The highest BCUT2D eigenvalue weighted by molar-refractivity contribution is 6.06. The standard InChI is InChI=1S/C28H33N3O4/c1-19-25(31-27(32)21-5-8-23(9-6-21)35-15-24-4-3-11-34-24)10-7-22-12-20(14-30-26(19)22)13-29-16-28(2)17-33-18-28/h5-10,12,14,24,29H,3-4,11,13,15-18H2,1-2H3,(H,31,32)/t24-/m1/s1. The van der Waals surface area contributed by atoms with E-state index in [1.807, 2.05) is 37.4 Å². The Bertz CT molecular complexity index is 1180. The van der Waals surface area contributed by atoms with Gasteiger partial charge < -0.3 is 24.8 Å². The van der Waals surface area contributed by atoms with Crippen LogP contribution in [0.3, 0.4) is 0 Å². The van der Waals surface area contributed by atoms with E-state index in [1.54, 1.807) is 12.1 Å². The molecule has 0 radical (unpaired) electrons. The molecule has 2 N–H and O–H groups in total. The van der Waals surface area contributed by atoms with Crippen LogP contribution in [-0.2, 0) is 16.0 Å². The highest BCUT2D eigenvalue weighted by Crippen LogP contribution is 2.27. The van der Waals surface area contributed by atoms with Gasteiger partial charge in [-0.15, -0.1) is 0 Å². The van der Waals surface area contributed by atoms with Crippen LogP contribution < -0.4 is 15.4 Å². The molecule has 2 fully saturated rings. The molecule has 5 rings (SSSR count). The van der Waals surface area contributed by atoms with E-state index in [9.17, 15) is 4.79 Å². The van der Waals surface area contributed by atoms with Gasteiger partial charge in [0.1, 0.15) is 12.4 Å². The summed E-state index contributed by atoms with van der Waals surface area (Å²) < 4.78 is 16.7. The quantitative estimate of drug-likeness (QED) is 0.475. The van der Waals surface area contributed by atoms with Crippen molar-refractivity contribution in [2.45, 2.75) is 39.3 Å². The first-order chi connectivity index (χ1) is 17.0. The van der Waals surface area contributed by atoms with Crippen molar-refractivity contribution in [1.82, 2.24) is 10.3 Å². The van der Waals surface area contributed by atoms with Gasteiger partial charge in [-0.05, 0) is 67.3 Å². The predicted octanol–water partition coefficient (Wildman–Crippen LogP) is 4.48. The molecule has 0 spiro atoms. The molecule has 35 heavy (non-hydrogen) atoms. The lowest BCUT2D eigenvalue weighted by atomic mass is 9.89. The Labute approximate surface area is 206 Å². The molecular weight excluding hydrogens is 442 g/mol. The molecule has 1 amide bonds. The fourth-order valence-corrected chi connectivity index (χ4v) is 4.55. The molecule has 0 unspecified atom stereocenters. The van der Waals surface area contributed by atoms with Gasteiger partial charge in [0.2, 0.25) is 0 Å². The number of amides is 1. The van der Waals surface area contributed by atoms with Crippen molar-refractivity contribution in [2.24, 2.45) is 5.41 Å². The van der Waals surface area contributed by atoms with Crippen LogP contribution in [0.15, 0.2) is 48.7 Å². The first-order valence-corrected chi connectivity index (χ1v) is 12.3. The number of nitrogens with one attached hydrogen (secondary N) is 2. The maximum absolute atomic E-state index is 12.9. The number of nitrogens with zero attached hydrogens (tertiary/aromatic N) is 1. The van der Waals surface area contributed by atoms with Gasteiger partial charge in [0.05, 0.1) is 24.8 Å². The summed E-state index contributed by atoms with van der Waals surface area (Å²) in [6.45, 7) is 8.90. The van der Waals surface area contributed by atoms with Crippen molar-refractivity contribution in [2.75, 3.05) is 38.3 Å². The normalized spacial score (nSPS) is 18.9. The molecule has 0 aliphatic carbocycles. The van der Waals surface area contributed by atoms with E-state index < -0.39 is 0 Å². The zero-order valence-corrected chi connectivity index (χ0v) is 20.4. The van der Waals surface area contributed by atoms with Crippen LogP contribution in [0.25, 0.3) is 10.9 Å². The van der Waals surface area contributed by atoms with Gasteiger partial charge in [-0.3, -0.25) is 9.78 Å². The fourth-order valence-electron chi connectivity index (χ4n) is 4.55. The third kappa shape index (κ3) is 5.64. The smallest absolute Gasteiger partial charge is 0.255 e. The minimum Gasteiger partial charge on any atom is -0.491 e. The van der Waals surface area contributed by atoms with Gasteiger partial charge in [0.25, 0.3) is 5.91 Å². The summed E-state index contributed by atoms with van der Waals surface area (Å²) in [5, 5.41) is 7.60. The van der Waals surface area contributed by atoms with Crippen molar-refractivity contribution < 1.29 is 19.0 Å². The number of carbonyl (C=O) groups excluding carboxylic acids is 1. The van der Waals surface area contributed by atoms with Crippen LogP contribution in [0.2, 0.25) is 0 Å². The van der Waals surface area contributed by atoms with E-state index in [-0.39, 0.29) is 17.4 Å². The monoisotopic (exact) mass is 475 g/mol. The number of hydrogen-bond acceptors (Lipinski definition) is 6. The van der Waals surface area contributed by atoms with E-state index in [0.29, 0.717) is 12.2 Å². The van der Waals surface area contributed by atoms with Gasteiger partial charge in [0.15, 0.2) is 0 Å². The Hall–Kier alpha value is -3.00. The van der Waals surface area contributed by atoms with E-state index in [2.05, 4.69) is 23.6 Å². The second-order valence-corrected chi connectivity index (χ2v) is 9.98. The van der Waals surface area contributed by atoms with Crippen LogP contribution in [0.1, 0.15) is 41.3 Å². The molecule has 3 heterocycles. The highest BCUT2D eigenvalue weighted by Gasteiger charge is 2.32. The Kier molecular flexibility index (Phi) is 7.00. The lowest BCUT2D eigenvalue weighted by Gasteiger charge is -2.38. The van der Waals surface area contributed by atoms with Gasteiger partial charge in [-0.25, -0.2) is 0 Å². The Morgan fingerprint density at radius 3 is 2.74 bits per heavy atom. The van der Waals surface area contributed by atoms with Gasteiger partial charge in [0, 0.05) is 47.9 Å². The molecular formula is C28H33N3O4. The van der Waals surface area contributed by atoms with Gasteiger partial charge in [-0.2, -0.15) is 0 Å². The number of rotatable bonds is 9. The SMILES string of the molecule is Cc1c(NC(=O)c2ccc(OC[C@H]3CCCO3)cc2)ccc2cc(CNCC3(C)COC3)cnc12. The summed E-state index contributed by atoms with van der Waals surface area (Å²) in [5.74, 6) is 0.580. The molecule has 7 heteroatoms. The number of aromatic nitrogens is 1. The van der Waals surface area contributed by atoms with E-state index in [4.69, 9.17) is 19.2 Å². The molecule has 0 bridgehead atoms. The number of ether oxygens (including phenoxy) is 3. The summed E-state index contributed by atoms with van der Waals surface area (Å²) >= 11 is 0. The summed E-state index contributed by atoms with van der Waals surface area (Å²) in [7, 11) is 0. The largest absolute Gasteiger partial charge is 0.491 e. The Morgan fingerprint density at radius 2 is 2.03 bits per heavy atom. The zero-order valence-electron chi connectivity index (χ0n) is 20.4. The fraction of sp³-hybridized carbons (Fsp3) is 0.429. The van der Waals surface area contributed by atoms with E-state index in [0.717, 1.165) is 79.2 Å². The minimum atomic E-state index is -0.160. The lowest BCUT2D eigenvalue weighted by molar-refractivity contribution is -0.0991. The number of anilines is 1. The second-order valence-electron chi connectivity index (χ2n) is 9.98. The van der Waals surface area contributed by atoms with Crippen LogP contribution in [0, 0.1) is 12.3 Å². The predicted molar refractivity (Wildman–Crippen MR) is 136 cm³/mol. The van der Waals surface area contributed by atoms with Crippen molar-refractivity contribution >= 4 is 22.5 Å². The van der Waals surface area contributed by atoms with Crippen molar-refractivity contribution in [3.63, 3.8) is 0 Å². The molecule has 1 aromatic heterocycles. The Balaban J connectivity index is 1.19. The number of carbonyl (C=O) groups is 1. The number of aryl methyl sites for hydroxylation is 1. The second kappa shape index (κ2) is 10.3. The molecule has 1 atom stereocenters. The van der Waals surface area contributed by atoms with E-state index >= 15 is 0 Å². The van der Waals surface area contributed by atoms with Gasteiger partial charge in [-0.1, -0.05) is 13.0 Å². The molecule has 184 valence electrons. The van der Waals surface area contributed by atoms with Crippen LogP contribution in [0.4, 0.5) is 5.69 Å². The summed E-state index contributed by atoms with van der Waals surface area (Å²) in [6, 6.07) is 13.3. The van der Waals surface area contributed by atoms with E-state index in [1.165, 1.54) is 0 Å². The molecule has 7 nitrogen and oxygen atoms in total. The molecule has 3 aromatic rings. The van der Waals surface area contributed by atoms with Crippen molar-refractivity contribution in [3.8, 4) is 5.75 Å². The van der Waals surface area contributed by atoms with Gasteiger partial charge >= 0.3 is 0 Å². The maximum atomic E-state index is 12.9. The van der Waals surface area contributed by atoms with Crippen molar-refractivity contribution in [3.05, 3.63) is 65.4 Å². The lowest BCUT2D eigenvalue weighted by Crippen LogP contribution is -2.47. The molecule has 0 saturated carbocycles. The molecule has 2 aliphatic rings. The first-order valence-electron chi connectivity index (χ1n) is 12.3. The minimum absolute atomic E-state index is 0.160. The number of benzene rings is 2. The van der Waals surface area contributed by atoms with Crippen molar-refractivity contribution in [1.29, 1.82) is 0 Å². The van der Waals surface area contributed by atoms with Crippen LogP contribution in [-0.4, -0.2) is 50.0 Å². The topological polar surface area (TPSA) is 81.7 Å². The third-order valence-electron chi connectivity index (χ3n) is 6.77.